The molecule has 3 N–H and O–H groups in total. The Labute approximate surface area is 127 Å². The van der Waals surface area contributed by atoms with Crippen LogP contribution in [-0.2, 0) is 4.79 Å². The van der Waals surface area contributed by atoms with E-state index in [1.165, 1.54) is 18.2 Å². The van der Waals surface area contributed by atoms with E-state index < -0.39 is 10.8 Å². The van der Waals surface area contributed by atoms with Crippen LogP contribution in [0.15, 0.2) is 18.2 Å². The van der Waals surface area contributed by atoms with Gasteiger partial charge in [-0.15, -0.1) is 0 Å². The number of ether oxygens (including phenoxy) is 1. The van der Waals surface area contributed by atoms with Crippen LogP contribution in [0.2, 0.25) is 0 Å². The monoisotopic (exact) mass is 312 g/mol. The number of hydrazine groups is 1. The number of rotatable bonds is 5. The Hall–Kier alpha value is -2.42. The van der Waals surface area contributed by atoms with Crippen molar-refractivity contribution in [3.63, 3.8) is 0 Å². The van der Waals surface area contributed by atoms with Crippen LogP contribution < -0.4 is 20.9 Å². The maximum Gasteiger partial charge on any atom is 0.276 e. The van der Waals surface area contributed by atoms with E-state index in [0.29, 0.717) is 23.0 Å². The van der Waals surface area contributed by atoms with Crippen LogP contribution in [0.25, 0.3) is 0 Å². The molecule has 0 atom stereocenters. The summed E-state index contributed by atoms with van der Waals surface area (Å²) in [4.78, 5) is 21.7. The topological polar surface area (TPSA) is 106 Å². The first-order valence-electron chi connectivity index (χ1n) is 6.14. The van der Waals surface area contributed by atoms with Crippen molar-refractivity contribution in [1.82, 2.24) is 16.2 Å². The molecular formula is C12H16N4O4S. The zero-order valence-corrected chi connectivity index (χ0v) is 12.5. The molecule has 0 saturated heterocycles. The van der Waals surface area contributed by atoms with Crippen molar-refractivity contribution >= 4 is 28.9 Å². The van der Waals surface area contributed by atoms with E-state index in [1.54, 1.807) is 6.92 Å². The van der Waals surface area contributed by atoms with Gasteiger partial charge in [0.25, 0.3) is 11.6 Å². The zero-order valence-electron chi connectivity index (χ0n) is 11.6. The molecule has 0 bridgehead atoms. The van der Waals surface area contributed by atoms with Gasteiger partial charge in [-0.1, -0.05) is 0 Å². The summed E-state index contributed by atoms with van der Waals surface area (Å²) in [5.74, 6) is -0.0474. The Bertz CT molecular complexity index is 550. The summed E-state index contributed by atoms with van der Waals surface area (Å²) in [5, 5.41) is 13.8. The lowest BCUT2D eigenvalue weighted by Crippen LogP contribution is -2.48. The number of hydrogen-bond donors (Lipinski definition) is 3. The number of nitrogens with zero attached hydrogens (tertiary/aromatic N) is 1. The highest BCUT2D eigenvalue weighted by Crippen LogP contribution is 2.22. The molecule has 1 amide bonds. The Kier molecular flexibility index (Phi) is 6.34. The molecule has 0 heterocycles. The average molecular weight is 312 g/mol. The second-order valence-corrected chi connectivity index (χ2v) is 4.43. The molecule has 21 heavy (non-hydrogen) atoms. The number of thiocarbonyl (C=S) groups is 1. The van der Waals surface area contributed by atoms with Crippen molar-refractivity contribution in [2.75, 3.05) is 13.2 Å². The predicted molar refractivity (Wildman–Crippen MR) is 80.9 cm³/mol. The molecule has 0 aliphatic heterocycles. The Balaban J connectivity index is 2.45. The number of aryl methyl sites for hydroxylation is 1. The van der Waals surface area contributed by atoms with E-state index >= 15 is 0 Å². The van der Waals surface area contributed by atoms with Gasteiger partial charge in [0.05, 0.1) is 4.92 Å². The molecule has 9 heteroatoms. The predicted octanol–water partition coefficient (Wildman–Crippen LogP) is 0.797. The molecule has 0 aliphatic carbocycles. The van der Waals surface area contributed by atoms with Crippen molar-refractivity contribution in [2.45, 2.75) is 13.8 Å². The Morgan fingerprint density at radius 3 is 2.71 bits per heavy atom. The first-order valence-corrected chi connectivity index (χ1v) is 6.55. The lowest BCUT2D eigenvalue weighted by Gasteiger charge is -2.11. The number of carbonyl (C=O) groups is 1. The van der Waals surface area contributed by atoms with Crippen molar-refractivity contribution in [3.05, 3.63) is 33.9 Å². The van der Waals surface area contributed by atoms with Gasteiger partial charge in [0.15, 0.2) is 11.7 Å². The summed E-state index contributed by atoms with van der Waals surface area (Å²) in [6.45, 7) is 3.87. The summed E-state index contributed by atoms with van der Waals surface area (Å²) in [5.41, 5.74) is 5.33. The molecule has 1 aromatic carbocycles. The van der Waals surface area contributed by atoms with Crippen LogP contribution in [-0.4, -0.2) is 29.1 Å². The molecule has 114 valence electrons. The smallest absolute Gasteiger partial charge is 0.276 e. The summed E-state index contributed by atoms with van der Waals surface area (Å²) < 4.78 is 5.24. The molecule has 0 unspecified atom stereocenters. The molecule has 0 spiro atoms. The third-order valence-corrected chi connectivity index (χ3v) is 2.63. The van der Waals surface area contributed by atoms with Gasteiger partial charge in [0.2, 0.25) is 0 Å². The van der Waals surface area contributed by atoms with Crippen LogP contribution in [0.4, 0.5) is 5.69 Å². The molecule has 1 rings (SSSR count). The van der Waals surface area contributed by atoms with Gasteiger partial charge < -0.3 is 10.1 Å². The van der Waals surface area contributed by atoms with Gasteiger partial charge in [-0.3, -0.25) is 25.8 Å². The SMILES string of the molecule is CCNC(=S)NNC(=O)COc1ccc([N+](=O)[O-])c(C)c1. The standard InChI is InChI=1S/C12H16N4O4S/c1-3-13-12(21)15-14-11(17)7-20-9-4-5-10(16(18)19)8(2)6-9/h4-6H,3,7H2,1-2H3,(H,14,17)(H2,13,15,21). The molecule has 0 saturated carbocycles. The summed E-state index contributed by atoms with van der Waals surface area (Å²) in [6, 6.07) is 4.28. The number of carbonyl (C=O) groups excluding carboxylic acids is 1. The van der Waals surface area contributed by atoms with Crippen molar-refractivity contribution in [2.24, 2.45) is 0 Å². The van der Waals surface area contributed by atoms with E-state index in [9.17, 15) is 14.9 Å². The van der Waals surface area contributed by atoms with Crippen molar-refractivity contribution in [1.29, 1.82) is 0 Å². The third-order valence-electron chi connectivity index (χ3n) is 2.39. The number of nitrogens with one attached hydrogen (secondary N) is 3. The summed E-state index contributed by atoms with van der Waals surface area (Å²) in [7, 11) is 0. The van der Waals surface area contributed by atoms with E-state index in [4.69, 9.17) is 17.0 Å². The zero-order chi connectivity index (χ0) is 15.8. The number of nitro groups is 1. The fourth-order valence-electron chi connectivity index (χ4n) is 1.44. The molecule has 0 aliphatic rings. The van der Waals surface area contributed by atoms with Gasteiger partial charge in [0.1, 0.15) is 5.75 Å². The van der Waals surface area contributed by atoms with E-state index in [-0.39, 0.29) is 12.3 Å². The van der Waals surface area contributed by atoms with Crippen LogP contribution in [0.3, 0.4) is 0 Å². The van der Waals surface area contributed by atoms with Crippen LogP contribution >= 0.6 is 12.2 Å². The molecule has 0 aromatic heterocycles. The first-order chi connectivity index (χ1) is 9.93. The van der Waals surface area contributed by atoms with Gasteiger partial charge in [-0.25, -0.2) is 0 Å². The highest BCUT2D eigenvalue weighted by molar-refractivity contribution is 7.80. The highest BCUT2D eigenvalue weighted by Gasteiger charge is 2.11. The van der Waals surface area contributed by atoms with E-state index in [2.05, 4.69) is 16.2 Å². The largest absolute Gasteiger partial charge is 0.484 e. The Morgan fingerprint density at radius 1 is 1.43 bits per heavy atom. The lowest BCUT2D eigenvalue weighted by molar-refractivity contribution is -0.385. The first kappa shape index (κ1) is 16.6. The van der Waals surface area contributed by atoms with Gasteiger partial charge in [-0.2, -0.15) is 0 Å². The molecule has 0 fully saturated rings. The fraction of sp³-hybridized carbons (Fsp3) is 0.333. The maximum atomic E-state index is 11.5. The second-order valence-electron chi connectivity index (χ2n) is 4.03. The van der Waals surface area contributed by atoms with E-state index in [0.717, 1.165) is 0 Å². The van der Waals surface area contributed by atoms with Crippen LogP contribution in [0.5, 0.6) is 5.75 Å². The van der Waals surface area contributed by atoms with Crippen LogP contribution in [0, 0.1) is 17.0 Å². The maximum absolute atomic E-state index is 11.5. The number of amides is 1. The van der Waals surface area contributed by atoms with Gasteiger partial charge in [0, 0.05) is 18.2 Å². The molecule has 8 nitrogen and oxygen atoms in total. The number of benzene rings is 1. The normalized spacial score (nSPS) is 9.62. The number of hydrogen-bond acceptors (Lipinski definition) is 5. The van der Waals surface area contributed by atoms with E-state index in [1.807, 2.05) is 6.92 Å². The minimum absolute atomic E-state index is 0.00413. The number of nitro benzene ring substituents is 1. The summed E-state index contributed by atoms with van der Waals surface area (Å²) in [6.07, 6.45) is 0. The molecule has 0 radical (unpaired) electrons. The van der Waals surface area contributed by atoms with Crippen LogP contribution in [0.1, 0.15) is 12.5 Å². The van der Waals surface area contributed by atoms with Crippen molar-refractivity contribution < 1.29 is 14.5 Å². The molecular weight excluding hydrogens is 296 g/mol. The fourth-order valence-corrected chi connectivity index (χ4v) is 1.63. The second kappa shape index (κ2) is 8.00. The molecule has 1 aromatic rings. The summed E-state index contributed by atoms with van der Waals surface area (Å²) >= 11 is 4.86. The average Bonchev–Trinajstić information content (AvgIpc) is 2.43. The Morgan fingerprint density at radius 2 is 2.14 bits per heavy atom. The lowest BCUT2D eigenvalue weighted by atomic mass is 10.2. The van der Waals surface area contributed by atoms with Gasteiger partial charge in [-0.05, 0) is 38.2 Å². The highest BCUT2D eigenvalue weighted by atomic mass is 32.1. The third kappa shape index (κ3) is 5.61. The quantitative estimate of drug-likeness (QED) is 0.419. The van der Waals surface area contributed by atoms with Crippen molar-refractivity contribution in [3.8, 4) is 5.75 Å². The minimum atomic E-state index is -0.475. The van der Waals surface area contributed by atoms with Gasteiger partial charge >= 0.3 is 0 Å². The minimum Gasteiger partial charge on any atom is -0.484 e.